The van der Waals surface area contributed by atoms with Crippen LogP contribution in [0.4, 0.5) is 0 Å². The summed E-state index contributed by atoms with van der Waals surface area (Å²) in [4.78, 5) is 19.5. The first-order valence-electron chi connectivity index (χ1n) is 11.1. The molecule has 2 aromatic rings. The topological polar surface area (TPSA) is 131 Å². The van der Waals surface area contributed by atoms with Gasteiger partial charge in [0.2, 0.25) is 0 Å². The molecule has 182 valence electrons. The minimum atomic E-state index is -1.89. The SMILES string of the molecule is CCOC(=O)C(O)C(O)C(O)COc1ncc(C#Cc2cc3c(cc2C)OCCC3(C)C)cn1. The molecule has 0 fully saturated rings. The molecule has 3 atom stereocenters. The third-order valence-electron chi connectivity index (χ3n) is 5.64. The molecule has 0 radical (unpaired) electrons. The van der Waals surface area contributed by atoms with Gasteiger partial charge in [0.1, 0.15) is 24.6 Å². The van der Waals surface area contributed by atoms with Gasteiger partial charge in [0.25, 0.3) is 0 Å². The molecule has 9 nitrogen and oxygen atoms in total. The van der Waals surface area contributed by atoms with E-state index in [2.05, 4.69) is 46.5 Å². The fraction of sp³-hybridized carbons (Fsp3) is 0.480. The first-order valence-corrected chi connectivity index (χ1v) is 11.1. The number of carbonyl (C=O) groups excluding carboxylic acids is 1. The van der Waals surface area contributed by atoms with Crippen molar-refractivity contribution in [2.24, 2.45) is 0 Å². The fourth-order valence-electron chi connectivity index (χ4n) is 3.45. The summed E-state index contributed by atoms with van der Waals surface area (Å²) >= 11 is 0. The van der Waals surface area contributed by atoms with E-state index < -0.39 is 30.9 Å². The second-order valence-corrected chi connectivity index (χ2v) is 8.72. The smallest absolute Gasteiger partial charge is 0.337 e. The van der Waals surface area contributed by atoms with E-state index in [1.165, 1.54) is 12.4 Å². The Morgan fingerprint density at radius 1 is 1.21 bits per heavy atom. The first-order chi connectivity index (χ1) is 16.1. The van der Waals surface area contributed by atoms with Gasteiger partial charge in [-0.1, -0.05) is 25.7 Å². The van der Waals surface area contributed by atoms with Crippen LogP contribution in [-0.2, 0) is 14.9 Å². The highest BCUT2D eigenvalue weighted by atomic mass is 16.6. The van der Waals surface area contributed by atoms with Crippen LogP contribution in [0.5, 0.6) is 11.8 Å². The summed E-state index contributed by atoms with van der Waals surface area (Å²) in [5, 5.41) is 29.5. The Balaban J connectivity index is 1.63. The lowest BCUT2D eigenvalue weighted by atomic mass is 9.78. The molecule has 0 aliphatic carbocycles. The summed E-state index contributed by atoms with van der Waals surface area (Å²) in [5.41, 5.74) is 3.64. The summed E-state index contributed by atoms with van der Waals surface area (Å²) in [6, 6.07) is 4.05. The van der Waals surface area contributed by atoms with Crippen molar-refractivity contribution in [1.82, 2.24) is 9.97 Å². The highest BCUT2D eigenvalue weighted by Gasteiger charge is 2.32. The molecule has 0 saturated carbocycles. The third kappa shape index (κ3) is 6.03. The highest BCUT2D eigenvalue weighted by Crippen LogP contribution is 2.39. The molecular formula is C25H30N2O7. The molecule has 3 N–H and O–H groups in total. The van der Waals surface area contributed by atoms with Crippen LogP contribution in [0.1, 0.15) is 49.4 Å². The summed E-state index contributed by atoms with van der Waals surface area (Å²) in [6.07, 6.45) is -1.32. The second kappa shape index (κ2) is 10.8. The van der Waals surface area contributed by atoms with Crippen LogP contribution < -0.4 is 9.47 Å². The number of fused-ring (bicyclic) bond motifs is 1. The van der Waals surface area contributed by atoms with E-state index in [0.717, 1.165) is 28.9 Å². The van der Waals surface area contributed by atoms with Crippen molar-refractivity contribution in [1.29, 1.82) is 0 Å². The minimum Gasteiger partial charge on any atom is -0.493 e. The largest absolute Gasteiger partial charge is 0.493 e. The number of rotatable bonds is 7. The van der Waals surface area contributed by atoms with Gasteiger partial charge in [0, 0.05) is 23.5 Å². The van der Waals surface area contributed by atoms with E-state index in [4.69, 9.17) is 9.47 Å². The third-order valence-corrected chi connectivity index (χ3v) is 5.64. The standard InChI is InChI=1S/C25H30N2O7/c1-5-32-23(31)22(30)21(29)19(28)14-34-24-26-12-16(13-27-24)6-7-17-11-18-20(10-15(17)2)33-9-8-25(18,3)4/h10-13,19,21-22,28-30H,5,8-9,14H2,1-4H3. The van der Waals surface area contributed by atoms with Crippen molar-refractivity contribution >= 4 is 5.97 Å². The average molecular weight is 471 g/mol. The van der Waals surface area contributed by atoms with Crippen molar-refractivity contribution in [2.45, 2.75) is 57.8 Å². The summed E-state index contributed by atoms with van der Waals surface area (Å²) in [5.74, 6) is 6.08. The fourth-order valence-corrected chi connectivity index (χ4v) is 3.45. The van der Waals surface area contributed by atoms with Gasteiger partial charge < -0.3 is 29.5 Å². The van der Waals surface area contributed by atoms with Crippen LogP contribution in [0.25, 0.3) is 0 Å². The molecule has 1 aromatic heterocycles. The number of aryl methyl sites for hydroxylation is 1. The molecule has 3 rings (SSSR count). The van der Waals surface area contributed by atoms with E-state index in [-0.39, 0.29) is 18.0 Å². The number of carbonyl (C=O) groups is 1. The number of ether oxygens (including phenoxy) is 3. The molecule has 0 saturated heterocycles. The van der Waals surface area contributed by atoms with E-state index in [0.29, 0.717) is 12.2 Å². The van der Waals surface area contributed by atoms with Crippen LogP contribution in [0.15, 0.2) is 24.5 Å². The van der Waals surface area contributed by atoms with Crippen LogP contribution in [-0.4, -0.2) is 69.4 Å². The predicted octanol–water partition coefficient (Wildman–Crippen LogP) is 1.27. The van der Waals surface area contributed by atoms with E-state index in [1.807, 2.05) is 13.0 Å². The Kier molecular flexibility index (Phi) is 8.10. The lowest BCUT2D eigenvalue weighted by Crippen LogP contribution is -2.45. The zero-order valence-corrected chi connectivity index (χ0v) is 19.7. The first kappa shape index (κ1) is 25.4. The zero-order valence-electron chi connectivity index (χ0n) is 19.7. The van der Waals surface area contributed by atoms with Crippen LogP contribution in [0, 0.1) is 18.8 Å². The second-order valence-electron chi connectivity index (χ2n) is 8.72. The van der Waals surface area contributed by atoms with E-state index in [1.54, 1.807) is 6.92 Å². The maximum absolute atomic E-state index is 11.5. The number of aliphatic hydroxyl groups is 3. The minimum absolute atomic E-state index is 0.0182. The molecule has 34 heavy (non-hydrogen) atoms. The van der Waals surface area contributed by atoms with Gasteiger partial charge in [-0.3, -0.25) is 0 Å². The molecular weight excluding hydrogens is 440 g/mol. The molecule has 0 amide bonds. The molecule has 1 aliphatic rings. The van der Waals surface area contributed by atoms with Crippen molar-refractivity contribution in [3.8, 4) is 23.6 Å². The molecule has 3 unspecified atom stereocenters. The van der Waals surface area contributed by atoms with Gasteiger partial charge in [-0.2, -0.15) is 0 Å². The lowest BCUT2D eigenvalue weighted by molar-refractivity contribution is -0.165. The number of esters is 1. The van der Waals surface area contributed by atoms with Crippen molar-refractivity contribution in [2.75, 3.05) is 19.8 Å². The molecule has 1 aliphatic heterocycles. The summed E-state index contributed by atoms with van der Waals surface area (Å²) in [6.45, 7) is 8.25. The number of hydrogen-bond donors (Lipinski definition) is 3. The van der Waals surface area contributed by atoms with Gasteiger partial charge >= 0.3 is 12.0 Å². The summed E-state index contributed by atoms with van der Waals surface area (Å²) in [7, 11) is 0. The average Bonchev–Trinajstić information content (AvgIpc) is 2.81. The van der Waals surface area contributed by atoms with Gasteiger partial charge in [-0.05, 0) is 43.4 Å². The van der Waals surface area contributed by atoms with Gasteiger partial charge in [0.15, 0.2) is 6.10 Å². The highest BCUT2D eigenvalue weighted by molar-refractivity contribution is 5.75. The Morgan fingerprint density at radius 2 is 1.91 bits per heavy atom. The molecule has 2 heterocycles. The number of nitrogens with zero attached hydrogens (tertiary/aromatic N) is 2. The number of benzene rings is 1. The predicted molar refractivity (Wildman–Crippen MR) is 122 cm³/mol. The number of hydrogen-bond acceptors (Lipinski definition) is 9. The molecule has 1 aromatic carbocycles. The van der Waals surface area contributed by atoms with Crippen LogP contribution >= 0.6 is 0 Å². The zero-order chi connectivity index (χ0) is 24.9. The quantitative estimate of drug-likeness (QED) is 0.404. The summed E-state index contributed by atoms with van der Waals surface area (Å²) < 4.78 is 15.7. The van der Waals surface area contributed by atoms with E-state index >= 15 is 0 Å². The Morgan fingerprint density at radius 3 is 2.59 bits per heavy atom. The Labute approximate surface area is 198 Å². The van der Waals surface area contributed by atoms with Gasteiger partial charge in [0.05, 0.1) is 18.8 Å². The molecule has 0 bridgehead atoms. The van der Waals surface area contributed by atoms with Crippen molar-refractivity contribution in [3.63, 3.8) is 0 Å². The van der Waals surface area contributed by atoms with Crippen LogP contribution in [0.3, 0.4) is 0 Å². The van der Waals surface area contributed by atoms with Crippen molar-refractivity contribution in [3.05, 3.63) is 46.8 Å². The van der Waals surface area contributed by atoms with E-state index in [9.17, 15) is 20.1 Å². The normalized spacial score (nSPS) is 16.7. The monoisotopic (exact) mass is 470 g/mol. The Hall–Kier alpha value is -3.19. The Bertz CT molecular complexity index is 1070. The van der Waals surface area contributed by atoms with Gasteiger partial charge in [-0.25, -0.2) is 14.8 Å². The number of aliphatic hydroxyl groups excluding tert-OH is 3. The maximum Gasteiger partial charge on any atom is 0.337 e. The number of aromatic nitrogens is 2. The van der Waals surface area contributed by atoms with Crippen LogP contribution in [0.2, 0.25) is 0 Å². The van der Waals surface area contributed by atoms with Crippen molar-refractivity contribution < 1.29 is 34.3 Å². The maximum atomic E-state index is 11.5. The van der Waals surface area contributed by atoms with Gasteiger partial charge in [-0.15, -0.1) is 0 Å². The molecule has 0 spiro atoms. The lowest BCUT2D eigenvalue weighted by Gasteiger charge is -2.33. The molecule has 9 heteroatoms.